The lowest BCUT2D eigenvalue weighted by Gasteiger charge is -2.34. The first-order chi connectivity index (χ1) is 20.1. The zero-order valence-electron chi connectivity index (χ0n) is 24.3. The van der Waals surface area contributed by atoms with Gasteiger partial charge in [0, 0.05) is 42.4 Å². The first kappa shape index (κ1) is 29.0. The Bertz CT molecular complexity index is 1590. The molecule has 1 unspecified atom stereocenters. The van der Waals surface area contributed by atoms with Crippen molar-refractivity contribution < 1.29 is 18.8 Å². The van der Waals surface area contributed by atoms with Crippen molar-refractivity contribution in [2.75, 3.05) is 11.4 Å². The van der Waals surface area contributed by atoms with Gasteiger partial charge < -0.3 is 15.1 Å². The molecule has 0 saturated heterocycles. The molecule has 1 aliphatic rings. The number of halogens is 1. The molecule has 3 amide bonds. The van der Waals surface area contributed by atoms with Crippen molar-refractivity contribution in [2.24, 2.45) is 0 Å². The van der Waals surface area contributed by atoms with E-state index in [0.29, 0.717) is 24.9 Å². The molecular weight excluding hydrogens is 529 g/mol. The highest BCUT2D eigenvalue weighted by Crippen LogP contribution is 2.37. The van der Waals surface area contributed by atoms with Gasteiger partial charge in [0.1, 0.15) is 11.9 Å². The molecule has 4 aromatic carbocycles. The van der Waals surface area contributed by atoms with Crippen molar-refractivity contribution in [3.05, 3.63) is 114 Å². The van der Waals surface area contributed by atoms with Crippen molar-refractivity contribution in [3.63, 3.8) is 0 Å². The van der Waals surface area contributed by atoms with Gasteiger partial charge in [0.15, 0.2) is 0 Å². The normalized spacial score (nSPS) is 13.3. The van der Waals surface area contributed by atoms with Crippen LogP contribution in [0.25, 0.3) is 10.8 Å². The van der Waals surface area contributed by atoms with E-state index in [1.807, 2.05) is 87.5 Å². The fourth-order valence-electron chi connectivity index (χ4n) is 5.53. The Hall–Kier alpha value is -4.52. The first-order valence-electron chi connectivity index (χ1n) is 14.3. The van der Waals surface area contributed by atoms with Gasteiger partial charge in [0.2, 0.25) is 11.8 Å². The smallest absolute Gasteiger partial charge is 0.258 e. The maximum Gasteiger partial charge on any atom is 0.258 e. The van der Waals surface area contributed by atoms with Crippen LogP contribution in [0.1, 0.15) is 55.1 Å². The molecule has 0 aliphatic carbocycles. The van der Waals surface area contributed by atoms with Gasteiger partial charge in [-0.2, -0.15) is 0 Å². The molecule has 42 heavy (non-hydrogen) atoms. The van der Waals surface area contributed by atoms with Crippen molar-refractivity contribution in [1.82, 2.24) is 10.2 Å². The molecule has 7 heteroatoms. The molecule has 4 aromatic rings. The summed E-state index contributed by atoms with van der Waals surface area (Å²) >= 11 is 0. The highest BCUT2D eigenvalue weighted by atomic mass is 19.1. The Morgan fingerprint density at radius 3 is 2.26 bits per heavy atom. The minimum absolute atomic E-state index is 0.0658. The summed E-state index contributed by atoms with van der Waals surface area (Å²) in [6.07, 6.45) is 0.900. The number of nitrogens with zero attached hydrogens (tertiary/aromatic N) is 2. The molecule has 216 valence electrons. The molecule has 0 fully saturated rings. The third-order valence-electron chi connectivity index (χ3n) is 7.46. The number of carbonyl (C=O) groups excluding carboxylic acids is 3. The third-order valence-corrected chi connectivity index (χ3v) is 7.46. The standard InChI is InChI=1S/C35H36FN3O3/c1-35(2,3)37-33(41)30(22-24-10-5-4-6-11-24)39(23-25-17-19-27(36)20-18-25)31(40)16-9-21-38-29-15-8-13-26-12-7-14-28(32(26)29)34(38)42/h4-8,10-15,17-20,30H,9,16,21-23H2,1-3H3,(H,37,41). The minimum atomic E-state index is -0.782. The molecule has 0 spiro atoms. The molecule has 0 bridgehead atoms. The van der Waals surface area contributed by atoms with Crippen LogP contribution in [-0.4, -0.2) is 40.7 Å². The molecular formula is C35H36FN3O3. The van der Waals surface area contributed by atoms with Crippen LogP contribution in [0.4, 0.5) is 10.1 Å². The molecule has 6 nitrogen and oxygen atoms in total. The fourth-order valence-corrected chi connectivity index (χ4v) is 5.53. The maximum atomic E-state index is 13.9. The van der Waals surface area contributed by atoms with Gasteiger partial charge in [0.05, 0.1) is 5.69 Å². The highest BCUT2D eigenvalue weighted by molar-refractivity contribution is 6.25. The number of rotatable bonds is 10. The van der Waals surface area contributed by atoms with E-state index >= 15 is 0 Å². The van der Waals surface area contributed by atoms with Crippen LogP contribution in [0, 0.1) is 5.82 Å². The van der Waals surface area contributed by atoms with Crippen LogP contribution < -0.4 is 10.2 Å². The van der Waals surface area contributed by atoms with Crippen LogP contribution in [-0.2, 0) is 22.6 Å². The second-order valence-corrected chi connectivity index (χ2v) is 11.8. The minimum Gasteiger partial charge on any atom is -0.350 e. The van der Waals surface area contributed by atoms with E-state index in [0.717, 1.165) is 27.6 Å². The van der Waals surface area contributed by atoms with E-state index in [4.69, 9.17) is 0 Å². The molecule has 1 atom stereocenters. The Kier molecular flexibility index (Phi) is 8.39. The third kappa shape index (κ3) is 6.51. The van der Waals surface area contributed by atoms with E-state index in [1.165, 1.54) is 12.1 Å². The Balaban J connectivity index is 1.38. The number of carbonyl (C=O) groups is 3. The van der Waals surface area contributed by atoms with Gasteiger partial charge in [0.25, 0.3) is 5.91 Å². The van der Waals surface area contributed by atoms with E-state index < -0.39 is 11.6 Å². The van der Waals surface area contributed by atoms with Crippen molar-refractivity contribution in [3.8, 4) is 0 Å². The zero-order chi connectivity index (χ0) is 29.9. The lowest BCUT2D eigenvalue weighted by atomic mass is 10.00. The molecule has 0 radical (unpaired) electrons. The van der Waals surface area contributed by atoms with Gasteiger partial charge in [-0.15, -0.1) is 0 Å². The molecule has 0 aromatic heterocycles. The maximum absolute atomic E-state index is 13.9. The van der Waals surface area contributed by atoms with E-state index in [9.17, 15) is 18.8 Å². The number of hydrogen-bond acceptors (Lipinski definition) is 3. The SMILES string of the molecule is CC(C)(C)NC(=O)C(Cc1ccccc1)N(Cc1ccc(F)cc1)C(=O)CCCN1C(=O)c2cccc3cccc1c23. The summed E-state index contributed by atoms with van der Waals surface area (Å²) in [6.45, 7) is 6.24. The highest BCUT2D eigenvalue weighted by Gasteiger charge is 2.33. The van der Waals surface area contributed by atoms with Crippen LogP contribution in [0.3, 0.4) is 0 Å². The van der Waals surface area contributed by atoms with Crippen LogP contribution in [0.5, 0.6) is 0 Å². The second-order valence-electron chi connectivity index (χ2n) is 11.8. The van der Waals surface area contributed by atoms with Gasteiger partial charge in [-0.1, -0.05) is 66.7 Å². The summed E-state index contributed by atoms with van der Waals surface area (Å²) in [5.41, 5.74) is 2.69. The lowest BCUT2D eigenvalue weighted by molar-refractivity contribution is -0.142. The summed E-state index contributed by atoms with van der Waals surface area (Å²) in [5.74, 6) is -0.886. The van der Waals surface area contributed by atoms with Crippen LogP contribution in [0.15, 0.2) is 91.0 Å². The molecule has 5 rings (SSSR count). The molecule has 0 saturated carbocycles. The fraction of sp³-hybridized carbons (Fsp3) is 0.286. The van der Waals surface area contributed by atoms with Gasteiger partial charge >= 0.3 is 0 Å². The van der Waals surface area contributed by atoms with E-state index in [-0.39, 0.29) is 36.5 Å². The summed E-state index contributed by atoms with van der Waals surface area (Å²) < 4.78 is 13.7. The van der Waals surface area contributed by atoms with Gasteiger partial charge in [-0.05, 0) is 68.0 Å². The molecule has 1 heterocycles. The van der Waals surface area contributed by atoms with Crippen molar-refractivity contribution in [1.29, 1.82) is 0 Å². The van der Waals surface area contributed by atoms with E-state index in [2.05, 4.69) is 5.32 Å². The predicted octanol–water partition coefficient (Wildman–Crippen LogP) is 6.27. The quantitative estimate of drug-likeness (QED) is 0.246. The van der Waals surface area contributed by atoms with Crippen LogP contribution >= 0.6 is 0 Å². The average Bonchev–Trinajstić information content (AvgIpc) is 3.23. The zero-order valence-corrected chi connectivity index (χ0v) is 24.3. The Labute approximate surface area is 246 Å². The van der Waals surface area contributed by atoms with Crippen molar-refractivity contribution >= 4 is 34.2 Å². The number of anilines is 1. The Morgan fingerprint density at radius 2 is 1.57 bits per heavy atom. The predicted molar refractivity (Wildman–Crippen MR) is 164 cm³/mol. The first-order valence-corrected chi connectivity index (χ1v) is 14.3. The second kappa shape index (κ2) is 12.1. The average molecular weight is 566 g/mol. The summed E-state index contributed by atoms with van der Waals surface area (Å²) in [4.78, 5) is 44.2. The molecule has 1 aliphatic heterocycles. The van der Waals surface area contributed by atoms with Crippen molar-refractivity contribution in [2.45, 2.75) is 58.2 Å². The number of nitrogens with one attached hydrogen (secondary N) is 1. The summed E-state index contributed by atoms with van der Waals surface area (Å²) in [6, 6.07) is 26.4. The number of hydrogen-bond donors (Lipinski definition) is 1. The summed E-state index contributed by atoms with van der Waals surface area (Å²) in [7, 11) is 0. The van der Waals surface area contributed by atoms with E-state index in [1.54, 1.807) is 21.9 Å². The largest absolute Gasteiger partial charge is 0.350 e. The monoisotopic (exact) mass is 565 g/mol. The van der Waals surface area contributed by atoms with Crippen LogP contribution in [0.2, 0.25) is 0 Å². The van der Waals surface area contributed by atoms with Gasteiger partial charge in [-0.3, -0.25) is 14.4 Å². The number of benzene rings is 4. The lowest BCUT2D eigenvalue weighted by Crippen LogP contribution is -2.54. The summed E-state index contributed by atoms with van der Waals surface area (Å²) in [5, 5.41) is 5.00. The topological polar surface area (TPSA) is 69.7 Å². The molecule has 1 N–H and O–H groups in total. The van der Waals surface area contributed by atoms with Gasteiger partial charge in [-0.25, -0.2) is 4.39 Å². The number of amides is 3. The Morgan fingerprint density at radius 1 is 0.881 bits per heavy atom.